The highest BCUT2D eigenvalue weighted by Gasteiger charge is 2.40. The zero-order valence-electron chi connectivity index (χ0n) is 14.2. The monoisotopic (exact) mass is 312 g/mol. The molecule has 0 bridgehead atoms. The fraction of sp³-hybridized carbons (Fsp3) is 0.400. The van der Waals surface area contributed by atoms with Crippen molar-refractivity contribution >= 4 is 0 Å². The highest BCUT2D eigenvalue weighted by atomic mass is 16.5. The van der Waals surface area contributed by atoms with E-state index in [9.17, 15) is 0 Å². The van der Waals surface area contributed by atoms with Crippen molar-refractivity contribution in [3.63, 3.8) is 0 Å². The van der Waals surface area contributed by atoms with E-state index >= 15 is 0 Å². The molecule has 1 saturated heterocycles. The molecule has 0 saturated carbocycles. The smallest absolute Gasteiger partial charge is 0.118 e. The molecule has 3 nitrogen and oxygen atoms in total. The minimum absolute atomic E-state index is 0.114. The molecule has 1 aliphatic heterocycles. The molecule has 3 heteroatoms. The molecule has 0 aromatic heterocycles. The number of methoxy groups -OCH3 is 2. The van der Waals surface area contributed by atoms with E-state index in [2.05, 4.69) is 38.1 Å². The van der Waals surface area contributed by atoms with E-state index in [1.165, 1.54) is 11.1 Å². The Morgan fingerprint density at radius 3 is 1.30 bits per heavy atom. The maximum absolute atomic E-state index is 6.42. The Balaban J connectivity index is 1.81. The fourth-order valence-corrected chi connectivity index (χ4v) is 3.31. The van der Waals surface area contributed by atoms with Gasteiger partial charge in [-0.2, -0.15) is 0 Å². The minimum atomic E-state index is 0.114. The molecule has 0 aliphatic carbocycles. The first kappa shape index (κ1) is 15.9. The molecular weight excluding hydrogens is 288 g/mol. The number of rotatable bonds is 4. The topological polar surface area (TPSA) is 27.7 Å². The molecule has 0 unspecified atom stereocenters. The summed E-state index contributed by atoms with van der Waals surface area (Å²) in [4.78, 5) is 0. The zero-order valence-corrected chi connectivity index (χ0v) is 14.2. The molecule has 0 amide bonds. The predicted octanol–water partition coefficient (Wildman–Crippen LogP) is 4.79. The van der Waals surface area contributed by atoms with E-state index in [4.69, 9.17) is 14.2 Å². The molecule has 0 spiro atoms. The first-order chi connectivity index (χ1) is 11.1. The number of hydrogen-bond donors (Lipinski definition) is 0. The Labute approximate surface area is 138 Å². The Hall–Kier alpha value is -2.00. The second-order valence-corrected chi connectivity index (χ2v) is 6.24. The van der Waals surface area contributed by atoms with Gasteiger partial charge in [-0.3, -0.25) is 0 Å². The lowest BCUT2D eigenvalue weighted by Gasteiger charge is -2.16. The van der Waals surface area contributed by atoms with Crippen LogP contribution >= 0.6 is 0 Å². The van der Waals surface area contributed by atoms with Crippen molar-refractivity contribution in [2.45, 2.75) is 26.1 Å². The number of ether oxygens (including phenoxy) is 3. The van der Waals surface area contributed by atoms with Crippen LogP contribution in [0.5, 0.6) is 11.5 Å². The lowest BCUT2D eigenvalue weighted by molar-refractivity contribution is 0.0290. The second-order valence-electron chi connectivity index (χ2n) is 6.24. The first-order valence-electron chi connectivity index (χ1n) is 8.07. The first-order valence-corrected chi connectivity index (χ1v) is 8.07. The summed E-state index contributed by atoms with van der Waals surface area (Å²) in [6.07, 6.45) is 0.228. The van der Waals surface area contributed by atoms with Crippen molar-refractivity contribution in [3.8, 4) is 11.5 Å². The molecule has 0 radical (unpaired) electrons. The van der Waals surface area contributed by atoms with Crippen molar-refractivity contribution in [2.75, 3.05) is 14.2 Å². The summed E-state index contributed by atoms with van der Waals surface area (Å²) in [6, 6.07) is 16.4. The molecular formula is C20H24O3. The highest BCUT2D eigenvalue weighted by Crippen LogP contribution is 2.49. The molecule has 23 heavy (non-hydrogen) atoms. The van der Waals surface area contributed by atoms with Gasteiger partial charge in [-0.05, 0) is 47.2 Å². The van der Waals surface area contributed by atoms with Crippen LogP contribution < -0.4 is 9.47 Å². The van der Waals surface area contributed by atoms with Gasteiger partial charge in [0.05, 0.1) is 26.4 Å². The van der Waals surface area contributed by atoms with Crippen molar-refractivity contribution in [2.24, 2.45) is 11.8 Å². The van der Waals surface area contributed by atoms with Crippen LogP contribution in [0.1, 0.15) is 37.2 Å². The molecule has 0 N–H and O–H groups in total. The van der Waals surface area contributed by atoms with Crippen LogP contribution in [0.15, 0.2) is 48.5 Å². The van der Waals surface area contributed by atoms with E-state index in [0.29, 0.717) is 11.8 Å². The Bertz CT molecular complexity index is 575. The number of benzene rings is 2. The summed E-state index contributed by atoms with van der Waals surface area (Å²) in [7, 11) is 3.37. The molecule has 1 fully saturated rings. The zero-order chi connectivity index (χ0) is 16.4. The van der Waals surface area contributed by atoms with Crippen LogP contribution in [-0.4, -0.2) is 14.2 Å². The number of hydrogen-bond acceptors (Lipinski definition) is 3. The lowest BCUT2D eigenvalue weighted by atomic mass is 9.85. The van der Waals surface area contributed by atoms with E-state index < -0.39 is 0 Å². The van der Waals surface area contributed by atoms with E-state index in [1.54, 1.807) is 14.2 Å². The average Bonchev–Trinajstić information content (AvgIpc) is 2.91. The summed E-state index contributed by atoms with van der Waals surface area (Å²) in [6.45, 7) is 4.53. The highest BCUT2D eigenvalue weighted by molar-refractivity contribution is 5.32. The van der Waals surface area contributed by atoms with Crippen LogP contribution in [0.25, 0.3) is 0 Å². The third-order valence-electron chi connectivity index (χ3n) is 4.97. The van der Waals surface area contributed by atoms with Crippen molar-refractivity contribution in [3.05, 3.63) is 59.7 Å². The van der Waals surface area contributed by atoms with Crippen molar-refractivity contribution < 1.29 is 14.2 Å². The van der Waals surface area contributed by atoms with Crippen LogP contribution in [0, 0.1) is 11.8 Å². The van der Waals surface area contributed by atoms with E-state index in [0.717, 1.165) is 11.5 Å². The summed E-state index contributed by atoms with van der Waals surface area (Å²) >= 11 is 0. The molecule has 122 valence electrons. The van der Waals surface area contributed by atoms with Crippen LogP contribution in [0.4, 0.5) is 0 Å². The lowest BCUT2D eigenvalue weighted by Crippen LogP contribution is -2.09. The van der Waals surface area contributed by atoms with Crippen molar-refractivity contribution in [1.29, 1.82) is 0 Å². The largest absolute Gasteiger partial charge is 0.497 e. The maximum atomic E-state index is 6.42. The van der Waals surface area contributed by atoms with Gasteiger partial charge in [0, 0.05) is 0 Å². The molecule has 2 aromatic rings. The summed E-state index contributed by atoms with van der Waals surface area (Å²) < 4.78 is 16.9. The third-order valence-corrected chi connectivity index (χ3v) is 4.97. The van der Waals surface area contributed by atoms with Gasteiger partial charge in [-0.25, -0.2) is 0 Å². The van der Waals surface area contributed by atoms with Crippen LogP contribution in [0.2, 0.25) is 0 Å². The Kier molecular flexibility index (Phi) is 4.58. The SMILES string of the molecule is COc1ccc([C@H]2O[C@H](c3ccc(OC)cc3)[C@@H](C)[C@H]2C)cc1. The molecule has 3 rings (SSSR count). The molecule has 2 aromatic carbocycles. The standard InChI is InChI=1S/C20H24O3/c1-13-14(2)20(16-7-11-18(22-4)12-8-16)23-19(13)15-5-9-17(21-3)10-6-15/h5-14,19-20H,1-4H3/t13-,14+,19-,20-/m0/s1. The Morgan fingerprint density at radius 2 is 1.00 bits per heavy atom. The van der Waals surface area contributed by atoms with Crippen LogP contribution in [0.3, 0.4) is 0 Å². The predicted molar refractivity (Wildman–Crippen MR) is 90.9 cm³/mol. The van der Waals surface area contributed by atoms with Gasteiger partial charge in [0.1, 0.15) is 11.5 Å². The average molecular weight is 312 g/mol. The van der Waals surface area contributed by atoms with E-state index in [1.807, 2.05) is 24.3 Å². The van der Waals surface area contributed by atoms with E-state index in [-0.39, 0.29) is 12.2 Å². The molecule has 4 atom stereocenters. The van der Waals surface area contributed by atoms with Gasteiger partial charge in [0.2, 0.25) is 0 Å². The molecule has 1 aliphatic rings. The third kappa shape index (κ3) is 3.06. The minimum Gasteiger partial charge on any atom is -0.497 e. The van der Waals surface area contributed by atoms with Gasteiger partial charge in [0.15, 0.2) is 0 Å². The van der Waals surface area contributed by atoms with Gasteiger partial charge in [-0.15, -0.1) is 0 Å². The summed E-state index contributed by atoms with van der Waals surface area (Å²) in [5, 5.41) is 0. The van der Waals surface area contributed by atoms with Gasteiger partial charge >= 0.3 is 0 Å². The van der Waals surface area contributed by atoms with Gasteiger partial charge < -0.3 is 14.2 Å². The maximum Gasteiger partial charge on any atom is 0.118 e. The summed E-state index contributed by atoms with van der Waals surface area (Å²) in [5.41, 5.74) is 2.42. The second kappa shape index (κ2) is 6.63. The fourth-order valence-electron chi connectivity index (χ4n) is 3.31. The molecule has 1 heterocycles. The normalized spacial score (nSPS) is 27.0. The van der Waals surface area contributed by atoms with Gasteiger partial charge in [-0.1, -0.05) is 38.1 Å². The quantitative estimate of drug-likeness (QED) is 0.812. The summed E-state index contributed by atoms with van der Waals surface area (Å²) in [5.74, 6) is 2.66. The van der Waals surface area contributed by atoms with Crippen molar-refractivity contribution in [1.82, 2.24) is 0 Å². The van der Waals surface area contributed by atoms with Gasteiger partial charge in [0.25, 0.3) is 0 Å². The van der Waals surface area contributed by atoms with Crippen LogP contribution in [-0.2, 0) is 4.74 Å². The Morgan fingerprint density at radius 1 is 0.652 bits per heavy atom.